The normalized spacial score (nSPS) is 24.0. The molecule has 2 saturated heterocycles. The molecule has 0 aromatic heterocycles. The zero-order chi connectivity index (χ0) is 12.3. The average Bonchev–Trinajstić information content (AvgIpc) is 3.09. The Labute approximate surface area is 105 Å². The first-order chi connectivity index (χ1) is 8.19. The van der Waals surface area contributed by atoms with Gasteiger partial charge in [-0.05, 0) is 25.5 Å². The standard InChI is InChI=1S/C15H25N2/c1-4-6-15(13-14(3)5-2)16-7-9-17(10-8-16)11-12-17/h4,6,13H,1,5,7-12H2,2-3H3/q+1. The van der Waals surface area contributed by atoms with Crippen LogP contribution in [0.1, 0.15) is 20.3 Å². The van der Waals surface area contributed by atoms with E-state index in [1.54, 1.807) is 0 Å². The molecule has 1 spiro atoms. The Bertz CT molecular complexity index is 338. The van der Waals surface area contributed by atoms with E-state index in [-0.39, 0.29) is 0 Å². The molecule has 0 amide bonds. The summed E-state index contributed by atoms with van der Waals surface area (Å²) in [4.78, 5) is 2.52. The minimum atomic E-state index is 1.13. The Hall–Kier alpha value is -1.02. The number of hydrogen-bond donors (Lipinski definition) is 0. The van der Waals surface area contributed by atoms with Gasteiger partial charge in [-0.2, -0.15) is 0 Å². The van der Waals surface area contributed by atoms with Crippen molar-refractivity contribution < 1.29 is 4.48 Å². The predicted molar refractivity (Wildman–Crippen MR) is 73.6 cm³/mol. The fourth-order valence-corrected chi connectivity index (χ4v) is 2.46. The number of piperazine rings is 1. The molecule has 0 saturated carbocycles. The summed E-state index contributed by atoms with van der Waals surface area (Å²) in [6.45, 7) is 16.1. The molecule has 0 aromatic rings. The monoisotopic (exact) mass is 233 g/mol. The number of rotatable bonds is 4. The summed E-state index contributed by atoms with van der Waals surface area (Å²) in [7, 11) is 0. The van der Waals surface area contributed by atoms with Crippen molar-refractivity contribution >= 4 is 0 Å². The van der Waals surface area contributed by atoms with Gasteiger partial charge in [0.15, 0.2) is 0 Å². The predicted octanol–water partition coefficient (Wildman–Crippen LogP) is 2.56. The van der Waals surface area contributed by atoms with Crippen LogP contribution < -0.4 is 0 Å². The van der Waals surface area contributed by atoms with Gasteiger partial charge < -0.3 is 9.38 Å². The molecule has 17 heavy (non-hydrogen) atoms. The number of nitrogens with zero attached hydrogens (tertiary/aromatic N) is 2. The molecular weight excluding hydrogens is 208 g/mol. The maximum absolute atomic E-state index is 3.83. The highest BCUT2D eigenvalue weighted by atomic mass is 15.5. The summed E-state index contributed by atoms with van der Waals surface area (Å²) in [6.07, 6.45) is 7.50. The van der Waals surface area contributed by atoms with Gasteiger partial charge in [0.2, 0.25) is 0 Å². The van der Waals surface area contributed by atoms with Crippen molar-refractivity contribution in [3.8, 4) is 0 Å². The molecule has 0 bridgehead atoms. The van der Waals surface area contributed by atoms with Crippen LogP contribution >= 0.6 is 0 Å². The smallest absolute Gasteiger partial charge is 0.129 e. The molecule has 2 rings (SSSR count). The highest BCUT2D eigenvalue weighted by Gasteiger charge is 2.44. The quantitative estimate of drug-likeness (QED) is 0.410. The summed E-state index contributed by atoms with van der Waals surface area (Å²) in [6, 6.07) is 0. The summed E-state index contributed by atoms with van der Waals surface area (Å²) in [5.41, 5.74) is 2.79. The van der Waals surface area contributed by atoms with Gasteiger partial charge in [0.25, 0.3) is 0 Å². The Morgan fingerprint density at radius 1 is 1.24 bits per heavy atom. The second kappa shape index (κ2) is 5.09. The molecular formula is C15H25N2+. The highest BCUT2D eigenvalue weighted by Crippen LogP contribution is 2.25. The first-order valence-corrected chi connectivity index (χ1v) is 6.79. The lowest BCUT2D eigenvalue weighted by molar-refractivity contribution is -0.804. The van der Waals surface area contributed by atoms with E-state index in [0.29, 0.717) is 0 Å². The SMILES string of the molecule is C=CC=C(C=C(C)CC)N1CC[N+]2(CC1)CC2. The number of allylic oxidation sites excluding steroid dienone is 4. The molecule has 0 N–H and O–H groups in total. The topological polar surface area (TPSA) is 3.24 Å². The average molecular weight is 233 g/mol. The van der Waals surface area contributed by atoms with Gasteiger partial charge >= 0.3 is 0 Å². The Kier molecular flexibility index (Phi) is 3.72. The van der Waals surface area contributed by atoms with E-state index >= 15 is 0 Å². The molecule has 0 atom stereocenters. The zero-order valence-electron chi connectivity index (χ0n) is 11.3. The van der Waals surface area contributed by atoms with E-state index < -0.39 is 0 Å². The van der Waals surface area contributed by atoms with Crippen LogP contribution in [0.3, 0.4) is 0 Å². The first kappa shape index (κ1) is 12.4. The van der Waals surface area contributed by atoms with E-state index in [2.05, 4.69) is 37.5 Å². The van der Waals surface area contributed by atoms with E-state index in [9.17, 15) is 0 Å². The molecule has 94 valence electrons. The van der Waals surface area contributed by atoms with Crippen molar-refractivity contribution in [2.24, 2.45) is 0 Å². The molecule has 2 heteroatoms. The van der Waals surface area contributed by atoms with Crippen molar-refractivity contribution in [1.29, 1.82) is 0 Å². The van der Waals surface area contributed by atoms with Crippen LogP contribution in [0.4, 0.5) is 0 Å². The van der Waals surface area contributed by atoms with Crippen LogP contribution in [0, 0.1) is 0 Å². The molecule has 0 aromatic carbocycles. The van der Waals surface area contributed by atoms with Gasteiger partial charge in [0, 0.05) is 5.70 Å². The van der Waals surface area contributed by atoms with Gasteiger partial charge in [0.1, 0.15) is 13.1 Å². The van der Waals surface area contributed by atoms with Crippen LogP contribution in [0.5, 0.6) is 0 Å². The Balaban J connectivity index is 2.02. The molecule has 2 heterocycles. The van der Waals surface area contributed by atoms with E-state index in [1.807, 2.05) is 6.08 Å². The Morgan fingerprint density at radius 2 is 1.88 bits per heavy atom. The minimum Gasteiger partial charge on any atom is -0.360 e. The van der Waals surface area contributed by atoms with Crippen LogP contribution in [0.2, 0.25) is 0 Å². The third-order valence-electron chi connectivity index (χ3n) is 4.15. The van der Waals surface area contributed by atoms with Gasteiger partial charge in [-0.3, -0.25) is 0 Å². The summed E-state index contributed by atoms with van der Waals surface area (Å²) in [5.74, 6) is 0. The van der Waals surface area contributed by atoms with Crippen molar-refractivity contribution in [3.63, 3.8) is 0 Å². The van der Waals surface area contributed by atoms with Crippen molar-refractivity contribution in [2.45, 2.75) is 20.3 Å². The molecule has 2 nitrogen and oxygen atoms in total. The fraction of sp³-hybridized carbons (Fsp3) is 0.600. The van der Waals surface area contributed by atoms with Crippen molar-refractivity contribution in [1.82, 2.24) is 4.90 Å². The maximum atomic E-state index is 3.83. The van der Waals surface area contributed by atoms with Crippen molar-refractivity contribution in [3.05, 3.63) is 36.1 Å². The zero-order valence-corrected chi connectivity index (χ0v) is 11.3. The maximum Gasteiger partial charge on any atom is 0.129 e. The molecule has 0 unspecified atom stereocenters. The fourth-order valence-electron chi connectivity index (χ4n) is 2.46. The molecule has 2 fully saturated rings. The van der Waals surface area contributed by atoms with Crippen LogP contribution in [0.25, 0.3) is 0 Å². The lowest BCUT2D eigenvalue weighted by Gasteiger charge is -2.34. The molecule has 2 aliphatic heterocycles. The largest absolute Gasteiger partial charge is 0.360 e. The van der Waals surface area contributed by atoms with Gasteiger partial charge in [-0.15, -0.1) is 0 Å². The minimum absolute atomic E-state index is 1.13. The van der Waals surface area contributed by atoms with Crippen LogP contribution in [-0.4, -0.2) is 48.7 Å². The van der Waals surface area contributed by atoms with E-state index in [0.717, 1.165) is 6.42 Å². The third-order valence-corrected chi connectivity index (χ3v) is 4.15. The highest BCUT2D eigenvalue weighted by molar-refractivity contribution is 5.25. The van der Waals surface area contributed by atoms with Gasteiger partial charge in [0.05, 0.1) is 26.2 Å². The van der Waals surface area contributed by atoms with Gasteiger partial charge in [-0.1, -0.05) is 25.2 Å². The Morgan fingerprint density at radius 3 is 2.35 bits per heavy atom. The van der Waals surface area contributed by atoms with Gasteiger partial charge in [-0.25, -0.2) is 0 Å². The summed E-state index contributed by atoms with van der Waals surface area (Å²) in [5, 5.41) is 0. The van der Waals surface area contributed by atoms with Crippen LogP contribution in [-0.2, 0) is 0 Å². The first-order valence-electron chi connectivity index (χ1n) is 6.79. The molecule has 2 aliphatic rings. The van der Waals surface area contributed by atoms with E-state index in [4.69, 9.17) is 0 Å². The summed E-state index contributed by atoms with van der Waals surface area (Å²) >= 11 is 0. The second-order valence-corrected chi connectivity index (χ2v) is 5.39. The summed E-state index contributed by atoms with van der Waals surface area (Å²) < 4.78 is 1.38. The van der Waals surface area contributed by atoms with Crippen LogP contribution in [0.15, 0.2) is 36.1 Å². The number of hydrogen-bond acceptors (Lipinski definition) is 1. The molecule has 0 radical (unpaired) electrons. The lowest BCUT2D eigenvalue weighted by atomic mass is 10.1. The number of quaternary nitrogens is 1. The second-order valence-electron chi connectivity index (χ2n) is 5.39. The van der Waals surface area contributed by atoms with Crippen molar-refractivity contribution in [2.75, 3.05) is 39.3 Å². The van der Waals surface area contributed by atoms with E-state index in [1.165, 1.54) is 55.0 Å². The lowest BCUT2D eigenvalue weighted by Crippen LogP contribution is -2.47. The third kappa shape index (κ3) is 3.01. The molecule has 0 aliphatic carbocycles.